The predicted octanol–water partition coefficient (Wildman–Crippen LogP) is 2.32. The normalized spacial score (nSPS) is 21.0. The quantitative estimate of drug-likeness (QED) is 0.941. The van der Waals surface area contributed by atoms with Crippen LogP contribution in [0, 0.1) is 12.8 Å². The molecule has 0 bridgehead atoms. The molecule has 0 aromatic carbocycles. The van der Waals surface area contributed by atoms with Crippen LogP contribution in [0.4, 0.5) is 5.69 Å². The van der Waals surface area contributed by atoms with Crippen molar-refractivity contribution < 1.29 is 9.53 Å². The molecule has 1 aliphatic rings. The number of pyridine rings is 1. The van der Waals surface area contributed by atoms with Crippen LogP contribution in [0.25, 0.3) is 0 Å². The number of imidazole rings is 1. The third-order valence-corrected chi connectivity index (χ3v) is 4.05. The first-order valence-corrected chi connectivity index (χ1v) is 7.54. The third-order valence-electron chi connectivity index (χ3n) is 4.05. The number of nitrogens with zero attached hydrogens (tertiary/aromatic N) is 3. The van der Waals surface area contributed by atoms with Gasteiger partial charge in [-0.05, 0) is 31.9 Å². The van der Waals surface area contributed by atoms with Gasteiger partial charge >= 0.3 is 0 Å². The van der Waals surface area contributed by atoms with Crippen LogP contribution < -0.4 is 5.32 Å². The SMILES string of the molecule is CCn1ccnc1[C@@H]1OCC[C@H]1C(=O)Nc1ccncc1C. The summed E-state index contributed by atoms with van der Waals surface area (Å²) in [5.41, 5.74) is 1.74. The fraction of sp³-hybridized carbons (Fsp3) is 0.438. The fourth-order valence-corrected chi connectivity index (χ4v) is 2.80. The molecule has 6 nitrogen and oxygen atoms in total. The number of carbonyl (C=O) groups is 1. The molecule has 0 aliphatic carbocycles. The highest BCUT2D eigenvalue weighted by Crippen LogP contribution is 2.34. The van der Waals surface area contributed by atoms with Crippen LogP contribution in [0.3, 0.4) is 0 Å². The van der Waals surface area contributed by atoms with Gasteiger partial charge in [0, 0.05) is 43.6 Å². The molecular weight excluding hydrogens is 280 g/mol. The van der Waals surface area contributed by atoms with Crippen molar-refractivity contribution in [2.24, 2.45) is 5.92 Å². The van der Waals surface area contributed by atoms with Crippen molar-refractivity contribution in [3.63, 3.8) is 0 Å². The van der Waals surface area contributed by atoms with Crippen molar-refractivity contribution in [3.8, 4) is 0 Å². The summed E-state index contributed by atoms with van der Waals surface area (Å²) >= 11 is 0. The summed E-state index contributed by atoms with van der Waals surface area (Å²) in [5.74, 6) is 0.578. The molecule has 0 saturated carbocycles. The van der Waals surface area contributed by atoms with Crippen molar-refractivity contribution in [1.82, 2.24) is 14.5 Å². The highest BCUT2D eigenvalue weighted by atomic mass is 16.5. The average Bonchev–Trinajstić information content (AvgIpc) is 3.17. The molecule has 2 aromatic heterocycles. The minimum Gasteiger partial charge on any atom is -0.369 e. The van der Waals surface area contributed by atoms with Crippen LogP contribution in [0.5, 0.6) is 0 Å². The van der Waals surface area contributed by atoms with E-state index in [-0.39, 0.29) is 17.9 Å². The number of hydrogen-bond donors (Lipinski definition) is 1. The van der Waals surface area contributed by atoms with Crippen molar-refractivity contribution in [2.45, 2.75) is 32.9 Å². The van der Waals surface area contributed by atoms with Crippen molar-refractivity contribution >= 4 is 11.6 Å². The second kappa shape index (κ2) is 6.27. The Balaban J connectivity index is 1.78. The molecule has 116 valence electrons. The smallest absolute Gasteiger partial charge is 0.230 e. The standard InChI is InChI=1S/C16H20N4O2/c1-3-20-8-7-18-15(20)14-12(5-9-22-14)16(21)19-13-4-6-17-10-11(13)2/h4,6-8,10,12,14H,3,5,9H2,1-2H3,(H,17,19,21)/t12-,14-/m1/s1. The molecule has 22 heavy (non-hydrogen) atoms. The molecule has 0 radical (unpaired) electrons. The Morgan fingerprint density at radius 3 is 3.14 bits per heavy atom. The lowest BCUT2D eigenvalue weighted by atomic mass is 9.99. The minimum atomic E-state index is -0.280. The average molecular weight is 300 g/mol. The summed E-state index contributed by atoms with van der Waals surface area (Å²) in [7, 11) is 0. The van der Waals surface area contributed by atoms with Gasteiger partial charge in [-0.25, -0.2) is 4.98 Å². The summed E-state index contributed by atoms with van der Waals surface area (Å²) < 4.78 is 7.81. The van der Waals surface area contributed by atoms with E-state index in [2.05, 4.69) is 22.2 Å². The fourth-order valence-electron chi connectivity index (χ4n) is 2.80. The Kier molecular flexibility index (Phi) is 4.20. The van der Waals surface area contributed by atoms with Crippen molar-refractivity contribution in [1.29, 1.82) is 0 Å². The maximum absolute atomic E-state index is 12.6. The first-order chi connectivity index (χ1) is 10.7. The van der Waals surface area contributed by atoms with Crippen LogP contribution in [0.15, 0.2) is 30.9 Å². The Labute approximate surface area is 129 Å². The van der Waals surface area contributed by atoms with Gasteiger partial charge in [-0.1, -0.05) is 0 Å². The maximum Gasteiger partial charge on any atom is 0.230 e. The summed E-state index contributed by atoms with van der Waals surface area (Å²) in [6.07, 6.45) is 7.51. The molecule has 1 N–H and O–H groups in total. The summed E-state index contributed by atoms with van der Waals surface area (Å²) in [6.45, 7) is 5.37. The predicted molar refractivity (Wildman–Crippen MR) is 82.3 cm³/mol. The lowest BCUT2D eigenvalue weighted by molar-refractivity contribution is -0.121. The van der Waals surface area contributed by atoms with E-state index in [9.17, 15) is 4.79 Å². The molecule has 3 heterocycles. The van der Waals surface area contributed by atoms with Crippen LogP contribution in [-0.4, -0.2) is 27.0 Å². The zero-order valence-corrected chi connectivity index (χ0v) is 12.8. The molecule has 3 rings (SSSR count). The van der Waals surface area contributed by atoms with E-state index in [4.69, 9.17) is 4.74 Å². The van der Waals surface area contributed by atoms with E-state index in [1.807, 2.05) is 23.8 Å². The molecular formula is C16H20N4O2. The molecule has 0 unspecified atom stereocenters. The van der Waals surface area contributed by atoms with E-state index in [0.29, 0.717) is 13.0 Å². The van der Waals surface area contributed by atoms with E-state index >= 15 is 0 Å². The van der Waals surface area contributed by atoms with Gasteiger partial charge in [0.1, 0.15) is 11.9 Å². The molecule has 1 fully saturated rings. The van der Waals surface area contributed by atoms with Gasteiger partial charge in [-0.15, -0.1) is 0 Å². The van der Waals surface area contributed by atoms with Gasteiger partial charge in [0.25, 0.3) is 0 Å². The van der Waals surface area contributed by atoms with Crippen LogP contribution >= 0.6 is 0 Å². The number of aromatic nitrogens is 3. The minimum absolute atomic E-state index is 0.0255. The summed E-state index contributed by atoms with van der Waals surface area (Å²) in [6, 6.07) is 1.81. The lowest BCUT2D eigenvalue weighted by Crippen LogP contribution is -2.27. The Morgan fingerprint density at radius 1 is 1.50 bits per heavy atom. The zero-order chi connectivity index (χ0) is 15.5. The number of aryl methyl sites for hydroxylation is 2. The molecule has 1 aliphatic heterocycles. The van der Waals surface area contributed by atoms with E-state index in [0.717, 1.165) is 23.6 Å². The van der Waals surface area contributed by atoms with E-state index < -0.39 is 0 Å². The summed E-state index contributed by atoms with van der Waals surface area (Å²) in [4.78, 5) is 21.0. The number of hydrogen-bond acceptors (Lipinski definition) is 4. The van der Waals surface area contributed by atoms with Gasteiger partial charge in [0.15, 0.2) is 0 Å². The highest BCUT2D eigenvalue weighted by Gasteiger charge is 2.37. The molecule has 1 saturated heterocycles. The number of nitrogens with one attached hydrogen (secondary N) is 1. The second-order valence-corrected chi connectivity index (χ2v) is 5.44. The topological polar surface area (TPSA) is 69.0 Å². The van der Waals surface area contributed by atoms with Gasteiger partial charge in [-0.3, -0.25) is 9.78 Å². The monoisotopic (exact) mass is 300 g/mol. The first-order valence-electron chi connectivity index (χ1n) is 7.54. The van der Waals surface area contributed by atoms with Gasteiger partial charge in [-0.2, -0.15) is 0 Å². The number of carbonyl (C=O) groups excluding carboxylic acids is 1. The van der Waals surface area contributed by atoms with Crippen molar-refractivity contribution in [3.05, 3.63) is 42.2 Å². The van der Waals surface area contributed by atoms with Crippen LogP contribution in [0.1, 0.15) is 30.8 Å². The zero-order valence-electron chi connectivity index (χ0n) is 12.8. The van der Waals surface area contributed by atoms with Crippen LogP contribution in [-0.2, 0) is 16.1 Å². The largest absolute Gasteiger partial charge is 0.369 e. The Hall–Kier alpha value is -2.21. The van der Waals surface area contributed by atoms with Crippen LogP contribution in [0.2, 0.25) is 0 Å². The van der Waals surface area contributed by atoms with E-state index in [1.54, 1.807) is 18.6 Å². The summed E-state index contributed by atoms with van der Waals surface area (Å²) in [5, 5.41) is 2.99. The molecule has 0 spiro atoms. The lowest BCUT2D eigenvalue weighted by Gasteiger charge is -2.19. The number of rotatable bonds is 4. The molecule has 2 atom stereocenters. The van der Waals surface area contributed by atoms with Gasteiger partial charge in [0.2, 0.25) is 5.91 Å². The molecule has 6 heteroatoms. The number of amides is 1. The third kappa shape index (κ3) is 2.74. The van der Waals surface area contributed by atoms with Crippen molar-refractivity contribution in [2.75, 3.05) is 11.9 Å². The van der Waals surface area contributed by atoms with E-state index in [1.165, 1.54) is 0 Å². The number of ether oxygens (including phenoxy) is 1. The van der Waals surface area contributed by atoms with Gasteiger partial charge in [0.05, 0.1) is 5.92 Å². The molecule has 2 aromatic rings. The second-order valence-electron chi connectivity index (χ2n) is 5.44. The van der Waals surface area contributed by atoms with Gasteiger partial charge < -0.3 is 14.6 Å². The highest BCUT2D eigenvalue weighted by molar-refractivity contribution is 5.93. The molecule has 1 amide bonds. The number of anilines is 1. The Bertz CT molecular complexity index is 668. The Morgan fingerprint density at radius 2 is 2.36 bits per heavy atom. The maximum atomic E-state index is 12.6. The first kappa shape index (κ1) is 14.7.